The number of nitrogens with zero attached hydrogens (tertiary/aromatic N) is 1. The Labute approximate surface area is 158 Å². The van der Waals surface area contributed by atoms with E-state index in [1.807, 2.05) is 35.7 Å². The van der Waals surface area contributed by atoms with Crippen molar-refractivity contribution in [3.63, 3.8) is 0 Å². The van der Waals surface area contributed by atoms with Gasteiger partial charge in [-0.05, 0) is 24.3 Å². The summed E-state index contributed by atoms with van der Waals surface area (Å²) in [5.41, 5.74) is 1.83. The van der Waals surface area contributed by atoms with Gasteiger partial charge in [-0.25, -0.2) is 13.4 Å². The number of benzene rings is 2. The topological polar surface area (TPSA) is 76.1 Å². The van der Waals surface area contributed by atoms with Crippen LogP contribution in [0.25, 0.3) is 10.6 Å². The van der Waals surface area contributed by atoms with Gasteiger partial charge in [-0.1, -0.05) is 30.3 Å². The normalized spacial score (nSPS) is 11.5. The molecule has 0 fully saturated rings. The zero-order valence-electron chi connectivity index (χ0n) is 13.8. The molecular formula is C18H14F2N2O3S2. The van der Waals surface area contributed by atoms with Gasteiger partial charge >= 0.3 is 5.76 Å². The maximum Gasteiger partial charge on any atom is 0.341 e. The number of hydrogen-bond acceptors (Lipinski definition) is 5. The van der Waals surface area contributed by atoms with Gasteiger partial charge in [0.2, 0.25) is 9.84 Å². The highest BCUT2D eigenvalue weighted by Crippen LogP contribution is 2.23. The minimum absolute atomic E-state index is 0.168. The molecule has 0 radical (unpaired) electrons. The second kappa shape index (κ2) is 7.93. The second-order valence-electron chi connectivity index (χ2n) is 5.52. The van der Waals surface area contributed by atoms with E-state index >= 15 is 0 Å². The van der Waals surface area contributed by atoms with Crippen LogP contribution in [0.1, 0.15) is 16.1 Å². The Balaban J connectivity index is 1.64. The molecule has 0 spiro atoms. The lowest BCUT2D eigenvalue weighted by Gasteiger charge is -2.06. The summed E-state index contributed by atoms with van der Waals surface area (Å²) >= 11 is 1.46. The van der Waals surface area contributed by atoms with E-state index in [1.54, 1.807) is 0 Å². The lowest BCUT2D eigenvalue weighted by atomic mass is 10.2. The maximum absolute atomic E-state index is 12.5. The Morgan fingerprint density at radius 1 is 1.07 bits per heavy atom. The highest BCUT2D eigenvalue weighted by Gasteiger charge is 2.26. The number of hydrogen-bond donors (Lipinski definition) is 1. The van der Waals surface area contributed by atoms with Crippen molar-refractivity contribution in [1.29, 1.82) is 0 Å². The molecule has 0 aliphatic rings. The molecule has 1 N–H and O–H groups in total. The average molecular weight is 408 g/mol. The minimum atomic E-state index is -4.67. The third-order valence-corrected chi connectivity index (χ3v) is 6.02. The first-order valence-corrected chi connectivity index (χ1v) is 10.2. The number of thiazole rings is 1. The van der Waals surface area contributed by atoms with E-state index in [0.29, 0.717) is 5.69 Å². The second-order valence-corrected chi connectivity index (χ2v) is 8.30. The monoisotopic (exact) mass is 408 g/mol. The summed E-state index contributed by atoms with van der Waals surface area (Å²) in [7, 11) is -4.67. The van der Waals surface area contributed by atoms with Gasteiger partial charge in [0.25, 0.3) is 5.91 Å². The van der Waals surface area contributed by atoms with Crippen molar-refractivity contribution in [2.24, 2.45) is 0 Å². The molecule has 1 aromatic heterocycles. The molecular weight excluding hydrogens is 394 g/mol. The van der Waals surface area contributed by atoms with Gasteiger partial charge < -0.3 is 5.32 Å². The van der Waals surface area contributed by atoms with Crippen molar-refractivity contribution in [1.82, 2.24) is 10.3 Å². The average Bonchev–Trinajstić information content (AvgIpc) is 3.16. The SMILES string of the molecule is O=C(NCc1csc(-c2ccccc2)n1)c1ccc(S(=O)(=O)C(F)F)cc1. The number of carbonyl (C=O) groups excluding carboxylic acids is 1. The minimum Gasteiger partial charge on any atom is -0.346 e. The van der Waals surface area contributed by atoms with Crippen molar-refractivity contribution < 1.29 is 22.0 Å². The Morgan fingerprint density at radius 2 is 1.74 bits per heavy atom. The van der Waals surface area contributed by atoms with Crippen LogP contribution in [-0.2, 0) is 16.4 Å². The van der Waals surface area contributed by atoms with Gasteiger partial charge in [0, 0.05) is 16.5 Å². The van der Waals surface area contributed by atoms with E-state index in [4.69, 9.17) is 0 Å². The number of nitrogens with one attached hydrogen (secondary N) is 1. The molecule has 0 aliphatic heterocycles. The summed E-state index contributed by atoms with van der Waals surface area (Å²) in [5, 5.41) is 5.34. The smallest absolute Gasteiger partial charge is 0.341 e. The molecule has 0 bridgehead atoms. The van der Waals surface area contributed by atoms with Gasteiger partial charge in [-0.15, -0.1) is 11.3 Å². The largest absolute Gasteiger partial charge is 0.346 e. The molecule has 140 valence electrons. The number of carbonyl (C=O) groups is 1. The molecule has 1 amide bonds. The molecule has 0 unspecified atom stereocenters. The molecule has 5 nitrogen and oxygen atoms in total. The molecule has 2 aromatic carbocycles. The predicted octanol–water partition coefficient (Wildman–Crippen LogP) is 3.74. The van der Waals surface area contributed by atoms with Gasteiger partial charge in [-0.3, -0.25) is 4.79 Å². The molecule has 27 heavy (non-hydrogen) atoms. The lowest BCUT2D eigenvalue weighted by Crippen LogP contribution is -2.23. The fourth-order valence-corrected chi connectivity index (χ4v) is 3.82. The van der Waals surface area contributed by atoms with Gasteiger partial charge in [0.1, 0.15) is 5.01 Å². The quantitative estimate of drug-likeness (QED) is 0.674. The molecule has 0 aliphatic carbocycles. The number of sulfone groups is 1. The van der Waals surface area contributed by atoms with Crippen LogP contribution < -0.4 is 5.32 Å². The first kappa shape index (κ1) is 19.1. The number of halogens is 2. The zero-order chi connectivity index (χ0) is 19.4. The Kier molecular flexibility index (Phi) is 5.62. The maximum atomic E-state index is 12.5. The van der Waals surface area contributed by atoms with Crippen LogP contribution in [0.15, 0.2) is 64.9 Å². The van der Waals surface area contributed by atoms with Crippen molar-refractivity contribution in [3.05, 3.63) is 71.2 Å². The van der Waals surface area contributed by atoms with E-state index in [2.05, 4.69) is 10.3 Å². The molecule has 0 saturated heterocycles. The van der Waals surface area contributed by atoms with E-state index in [1.165, 1.54) is 23.5 Å². The van der Waals surface area contributed by atoms with Gasteiger partial charge in [0.15, 0.2) is 0 Å². The number of amides is 1. The van der Waals surface area contributed by atoms with Crippen molar-refractivity contribution >= 4 is 27.1 Å². The molecule has 0 atom stereocenters. The molecule has 9 heteroatoms. The number of alkyl halides is 2. The Morgan fingerprint density at radius 3 is 2.37 bits per heavy atom. The summed E-state index contributed by atoms with van der Waals surface area (Å²) in [6.07, 6.45) is 0. The van der Waals surface area contributed by atoms with Crippen LogP contribution in [0, 0.1) is 0 Å². The summed E-state index contributed by atoms with van der Waals surface area (Å²) < 4.78 is 47.8. The van der Waals surface area contributed by atoms with Crippen LogP contribution in [0.3, 0.4) is 0 Å². The molecule has 0 saturated carbocycles. The molecule has 3 aromatic rings. The number of rotatable bonds is 6. The first-order chi connectivity index (χ1) is 12.9. The zero-order valence-corrected chi connectivity index (χ0v) is 15.4. The van der Waals surface area contributed by atoms with Crippen LogP contribution in [0.4, 0.5) is 8.78 Å². The molecule has 1 heterocycles. The highest BCUT2D eigenvalue weighted by atomic mass is 32.2. The van der Waals surface area contributed by atoms with Crippen LogP contribution >= 0.6 is 11.3 Å². The Hall–Kier alpha value is -2.65. The van der Waals surface area contributed by atoms with Crippen molar-refractivity contribution in [3.8, 4) is 10.6 Å². The van der Waals surface area contributed by atoms with E-state index in [0.717, 1.165) is 22.7 Å². The first-order valence-electron chi connectivity index (χ1n) is 7.78. The summed E-state index contributed by atoms with van der Waals surface area (Å²) in [6.45, 7) is 0.194. The molecule has 3 rings (SSSR count). The fourth-order valence-electron chi connectivity index (χ4n) is 2.27. The third-order valence-electron chi connectivity index (χ3n) is 3.68. The summed E-state index contributed by atoms with van der Waals surface area (Å²) in [4.78, 5) is 16.1. The van der Waals surface area contributed by atoms with Gasteiger partial charge in [-0.2, -0.15) is 8.78 Å². The van der Waals surface area contributed by atoms with Crippen LogP contribution in [0.2, 0.25) is 0 Å². The van der Waals surface area contributed by atoms with E-state index in [-0.39, 0.29) is 12.1 Å². The standard InChI is InChI=1S/C18H14F2N2O3S2/c19-18(20)27(24,25)15-8-6-12(7-9-15)16(23)21-10-14-11-26-17(22-14)13-4-2-1-3-5-13/h1-9,11,18H,10H2,(H,21,23). The van der Waals surface area contributed by atoms with Crippen molar-refractivity contribution in [2.45, 2.75) is 17.2 Å². The van der Waals surface area contributed by atoms with Crippen LogP contribution in [0.5, 0.6) is 0 Å². The van der Waals surface area contributed by atoms with E-state index in [9.17, 15) is 22.0 Å². The number of aromatic nitrogens is 1. The fraction of sp³-hybridized carbons (Fsp3) is 0.111. The Bertz CT molecular complexity index is 1030. The third kappa shape index (κ3) is 4.37. The predicted molar refractivity (Wildman–Crippen MR) is 98.4 cm³/mol. The van der Waals surface area contributed by atoms with E-state index < -0.39 is 26.4 Å². The summed E-state index contributed by atoms with van der Waals surface area (Å²) in [5.74, 6) is -3.95. The lowest BCUT2D eigenvalue weighted by molar-refractivity contribution is 0.0950. The van der Waals surface area contributed by atoms with Gasteiger partial charge in [0.05, 0.1) is 17.1 Å². The van der Waals surface area contributed by atoms with Crippen LogP contribution in [-0.4, -0.2) is 25.1 Å². The van der Waals surface area contributed by atoms with Crippen molar-refractivity contribution in [2.75, 3.05) is 0 Å². The summed E-state index contributed by atoms with van der Waals surface area (Å²) in [6, 6.07) is 14.0. The highest BCUT2D eigenvalue weighted by molar-refractivity contribution is 7.91.